The van der Waals surface area contributed by atoms with Crippen LogP contribution in [0.4, 0.5) is 0 Å². The Morgan fingerprint density at radius 1 is 1.06 bits per heavy atom. The predicted octanol–water partition coefficient (Wildman–Crippen LogP) is 3.33. The highest BCUT2D eigenvalue weighted by molar-refractivity contribution is 5.86. The summed E-state index contributed by atoms with van der Waals surface area (Å²) in [5, 5.41) is 7.89. The van der Waals surface area contributed by atoms with Gasteiger partial charge in [-0.25, -0.2) is 9.59 Å². The minimum atomic E-state index is -0.935. The second-order valence-electron chi connectivity index (χ2n) is 4.06. The molecule has 4 nitrogen and oxygen atoms in total. The van der Waals surface area contributed by atoms with Crippen LogP contribution in [0.2, 0.25) is 0 Å². The van der Waals surface area contributed by atoms with Gasteiger partial charge in [0.15, 0.2) is 0 Å². The van der Waals surface area contributed by atoms with Gasteiger partial charge in [-0.05, 0) is 20.3 Å². The molecule has 0 unspecified atom stereocenters. The van der Waals surface area contributed by atoms with Gasteiger partial charge in [0.1, 0.15) is 0 Å². The fraction of sp³-hybridized carbons (Fsp3) is 0.571. The lowest BCUT2D eigenvalue weighted by atomic mass is 10.2. The standard InChI is InChI=1S/C10H18O2.C4H6O2/c1-4-5-6-7-8-12-10(11)9(2)3;1-3(2)4(5)6/h2,4-8H2,1,3H3;1H2,2H3,(H,5,6). The molecular weight excluding hydrogens is 232 g/mol. The van der Waals surface area contributed by atoms with E-state index in [9.17, 15) is 9.59 Å². The SMILES string of the molecule is C=C(C)C(=O)O.C=C(C)C(=O)OCCCCCC. The van der Waals surface area contributed by atoms with E-state index in [1.807, 2.05) is 0 Å². The molecule has 0 rings (SSSR count). The molecule has 0 aliphatic heterocycles. The summed E-state index contributed by atoms with van der Waals surface area (Å²) < 4.78 is 4.91. The molecule has 0 fully saturated rings. The monoisotopic (exact) mass is 256 g/mol. The summed E-state index contributed by atoms with van der Waals surface area (Å²) in [6, 6.07) is 0. The number of carbonyl (C=O) groups excluding carboxylic acids is 1. The number of carboxylic acid groups (broad SMARTS) is 1. The lowest BCUT2D eigenvalue weighted by molar-refractivity contribution is -0.139. The molecule has 104 valence electrons. The summed E-state index contributed by atoms with van der Waals surface area (Å²) in [5.41, 5.74) is 0.653. The van der Waals surface area contributed by atoms with Crippen LogP contribution in [-0.2, 0) is 14.3 Å². The molecule has 1 N–H and O–H groups in total. The van der Waals surface area contributed by atoms with Gasteiger partial charge in [0, 0.05) is 11.1 Å². The molecule has 0 bridgehead atoms. The van der Waals surface area contributed by atoms with Gasteiger partial charge in [0.05, 0.1) is 6.61 Å². The van der Waals surface area contributed by atoms with Crippen LogP contribution in [0, 0.1) is 0 Å². The van der Waals surface area contributed by atoms with Crippen molar-refractivity contribution < 1.29 is 19.4 Å². The second-order valence-corrected chi connectivity index (χ2v) is 4.06. The van der Waals surface area contributed by atoms with Crippen LogP contribution in [0.1, 0.15) is 46.5 Å². The van der Waals surface area contributed by atoms with Gasteiger partial charge in [-0.3, -0.25) is 0 Å². The van der Waals surface area contributed by atoms with E-state index in [0.29, 0.717) is 12.2 Å². The van der Waals surface area contributed by atoms with Crippen molar-refractivity contribution in [1.82, 2.24) is 0 Å². The Morgan fingerprint density at radius 3 is 1.89 bits per heavy atom. The molecule has 0 atom stereocenters. The van der Waals surface area contributed by atoms with Gasteiger partial charge < -0.3 is 9.84 Å². The maximum absolute atomic E-state index is 10.9. The summed E-state index contributed by atoms with van der Waals surface area (Å²) >= 11 is 0. The average Bonchev–Trinajstić information content (AvgIpc) is 2.29. The Kier molecular flexibility index (Phi) is 12.4. The Hall–Kier alpha value is -1.58. The third-order valence-electron chi connectivity index (χ3n) is 1.94. The van der Waals surface area contributed by atoms with E-state index in [1.54, 1.807) is 6.92 Å². The highest BCUT2D eigenvalue weighted by Gasteiger charge is 2.01. The maximum atomic E-state index is 10.9. The van der Waals surface area contributed by atoms with E-state index >= 15 is 0 Å². The van der Waals surface area contributed by atoms with Crippen LogP contribution >= 0.6 is 0 Å². The summed E-state index contributed by atoms with van der Waals surface area (Å²) in [6.07, 6.45) is 4.52. The number of unbranched alkanes of at least 4 members (excludes halogenated alkanes) is 3. The lowest BCUT2D eigenvalue weighted by Crippen LogP contribution is -2.05. The first-order valence-electron chi connectivity index (χ1n) is 6.04. The molecule has 0 radical (unpaired) electrons. The highest BCUT2D eigenvalue weighted by Crippen LogP contribution is 2.00. The Labute approximate surface area is 109 Å². The molecule has 0 aromatic rings. The van der Waals surface area contributed by atoms with Gasteiger partial charge in [-0.15, -0.1) is 0 Å². The smallest absolute Gasteiger partial charge is 0.333 e. The summed E-state index contributed by atoms with van der Waals surface area (Å²) in [6.45, 7) is 12.4. The lowest BCUT2D eigenvalue weighted by Gasteiger charge is -2.02. The molecule has 0 aliphatic carbocycles. The topological polar surface area (TPSA) is 63.6 Å². The Bertz CT molecular complexity index is 280. The zero-order valence-corrected chi connectivity index (χ0v) is 11.6. The van der Waals surface area contributed by atoms with Crippen LogP contribution in [-0.4, -0.2) is 23.7 Å². The van der Waals surface area contributed by atoms with E-state index in [0.717, 1.165) is 12.8 Å². The number of rotatable bonds is 7. The second kappa shape index (κ2) is 11.9. The van der Waals surface area contributed by atoms with E-state index in [2.05, 4.69) is 20.1 Å². The molecule has 18 heavy (non-hydrogen) atoms. The Morgan fingerprint density at radius 2 is 1.56 bits per heavy atom. The zero-order chi connectivity index (χ0) is 14.6. The van der Waals surface area contributed by atoms with Crippen molar-refractivity contribution in [3.05, 3.63) is 24.3 Å². The molecular formula is C14H24O4. The third-order valence-corrected chi connectivity index (χ3v) is 1.94. The zero-order valence-electron chi connectivity index (χ0n) is 11.6. The summed E-state index contributed by atoms with van der Waals surface area (Å²) in [4.78, 5) is 20.5. The highest BCUT2D eigenvalue weighted by atomic mass is 16.5. The van der Waals surface area contributed by atoms with Gasteiger partial charge in [0.2, 0.25) is 0 Å². The fourth-order valence-electron chi connectivity index (χ4n) is 0.817. The predicted molar refractivity (Wildman–Crippen MR) is 72.4 cm³/mol. The summed E-state index contributed by atoms with van der Waals surface area (Å²) in [5.74, 6) is -1.21. The number of hydrogen-bond acceptors (Lipinski definition) is 3. The van der Waals surface area contributed by atoms with Crippen LogP contribution in [0.25, 0.3) is 0 Å². The van der Waals surface area contributed by atoms with Crippen molar-refractivity contribution in [2.45, 2.75) is 46.5 Å². The molecule has 0 amide bonds. The van der Waals surface area contributed by atoms with Crippen LogP contribution in [0.5, 0.6) is 0 Å². The molecule has 4 heteroatoms. The molecule has 0 saturated heterocycles. The third kappa shape index (κ3) is 14.4. The molecule has 0 aromatic carbocycles. The van der Waals surface area contributed by atoms with E-state index in [-0.39, 0.29) is 11.5 Å². The van der Waals surface area contributed by atoms with Crippen molar-refractivity contribution in [3.8, 4) is 0 Å². The first-order chi connectivity index (χ1) is 8.32. The Balaban J connectivity index is 0. The quantitative estimate of drug-likeness (QED) is 0.431. The van der Waals surface area contributed by atoms with Crippen molar-refractivity contribution in [2.75, 3.05) is 6.61 Å². The van der Waals surface area contributed by atoms with Gasteiger partial charge in [-0.2, -0.15) is 0 Å². The number of carbonyl (C=O) groups is 2. The van der Waals surface area contributed by atoms with Crippen LogP contribution in [0.3, 0.4) is 0 Å². The number of carboxylic acids is 1. The van der Waals surface area contributed by atoms with Crippen LogP contribution < -0.4 is 0 Å². The van der Waals surface area contributed by atoms with Crippen LogP contribution in [0.15, 0.2) is 24.3 Å². The van der Waals surface area contributed by atoms with Crippen molar-refractivity contribution in [2.24, 2.45) is 0 Å². The van der Waals surface area contributed by atoms with Gasteiger partial charge in [0.25, 0.3) is 0 Å². The molecule has 0 heterocycles. The largest absolute Gasteiger partial charge is 0.478 e. The van der Waals surface area contributed by atoms with E-state index in [4.69, 9.17) is 9.84 Å². The van der Waals surface area contributed by atoms with Gasteiger partial charge >= 0.3 is 11.9 Å². The van der Waals surface area contributed by atoms with Gasteiger partial charge in [-0.1, -0.05) is 39.3 Å². The normalized spacial score (nSPS) is 8.83. The van der Waals surface area contributed by atoms with E-state index < -0.39 is 5.97 Å². The van der Waals surface area contributed by atoms with Crippen molar-refractivity contribution in [1.29, 1.82) is 0 Å². The molecule has 0 aliphatic rings. The average molecular weight is 256 g/mol. The summed E-state index contributed by atoms with van der Waals surface area (Å²) in [7, 11) is 0. The molecule has 0 spiro atoms. The van der Waals surface area contributed by atoms with Crippen molar-refractivity contribution in [3.63, 3.8) is 0 Å². The number of esters is 1. The fourth-order valence-corrected chi connectivity index (χ4v) is 0.817. The van der Waals surface area contributed by atoms with E-state index in [1.165, 1.54) is 19.8 Å². The number of hydrogen-bond donors (Lipinski definition) is 1. The first-order valence-corrected chi connectivity index (χ1v) is 6.04. The minimum Gasteiger partial charge on any atom is -0.478 e. The molecule has 0 saturated carbocycles. The molecule has 0 aromatic heterocycles. The van der Waals surface area contributed by atoms with Crippen molar-refractivity contribution >= 4 is 11.9 Å². The number of ether oxygens (including phenoxy) is 1. The first kappa shape index (κ1) is 18.8. The maximum Gasteiger partial charge on any atom is 0.333 e. The minimum absolute atomic E-state index is 0.176. The number of aliphatic carboxylic acids is 1.